The van der Waals surface area contributed by atoms with Gasteiger partial charge in [-0.3, -0.25) is 9.08 Å². The van der Waals surface area contributed by atoms with Gasteiger partial charge < -0.3 is 14.4 Å². The summed E-state index contributed by atoms with van der Waals surface area (Å²) in [6.45, 7) is 2.61. The molecule has 1 amide bonds. The Morgan fingerprint density at radius 3 is 2.96 bits per heavy atom. The van der Waals surface area contributed by atoms with Gasteiger partial charge in [0.1, 0.15) is 25.1 Å². The Hall–Kier alpha value is -2.00. The fourth-order valence-electron chi connectivity index (χ4n) is 3.55. The molecule has 0 bridgehead atoms. The summed E-state index contributed by atoms with van der Waals surface area (Å²) in [6, 6.07) is 3.86. The van der Waals surface area contributed by atoms with Crippen molar-refractivity contribution in [3.63, 3.8) is 0 Å². The lowest BCUT2D eigenvalue weighted by molar-refractivity contribution is 0.107. The molecule has 1 saturated heterocycles. The van der Waals surface area contributed by atoms with Gasteiger partial charge in [0.2, 0.25) is 0 Å². The summed E-state index contributed by atoms with van der Waals surface area (Å²) in [7, 11) is -3.57. The predicted octanol–water partition coefficient (Wildman–Crippen LogP) is 1.13. The minimum absolute atomic E-state index is 0.177. The summed E-state index contributed by atoms with van der Waals surface area (Å²) in [5, 5.41) is 0. The monoisotopic (exact) mass is 368 g/mol. The third kappa shape index (κ3) is 3.25. The van der Waals surface area contributed by atoms with E-state index < -0.39 is 22.3 Å². The summed E-state index contributed by atoms with van der Waals surface area (Å²) >= 11 is 0. The van der Waals surface area contributed by atoms with Crippen LogP contribution in [0, 0.1) is 0 Å². The van der Waals surface area contributed by atoms with E-state index in [2.05, 4.69) is 4.90 Å². The molecule has 3 aliphatic heterocycles. The highest BCUT2D eigenvalue weighted by atomic mass is 32.2. The molecule has 0 aliphatic carbocycles. The van der Waals surface area contributed by atoms with Crippen molar-refractivity contribution in [3.05, 3.63) is 17.7 Å². The lowest BCUT2D eigenvalue weighted by Crippen LogP contribution is -2.37. The van der Waals surface area contributed by atoms with Gasteiger partial charge in [-0.25, -0.2) is 4.79 Å². The molecule has 1 aromatic rings. The minimum Gasteiger partial charge on any atom is -0.489 e. The standard InChI is InChI=1S/C16H20N2O6S/c1-25(20,21)23-10-13-9-18(16(19)24-13)12-7-11-3-2-4-17-5-6-22-14(8-12)15(11)17/h7-8,13H,2-6,9-10H2,1H3/t13-/m1/s1. The summed E-state index contributed by atoms with van der Waals surface area (Å²) in [5.74, 6) is 0.794. The number of anilines is 2. The van der Waals surface area contributed by atoms with Crippen molar-refractivity contribution in [1.29, 1.82) is 0 Å². The van der Waals surface area contributed by atoms with Crippen LogP contribution in [0.4, 0.5) is 16.2 Å². The first-order chi connectivity index (χ1) is 11.9. The molecule has 25 heavy (non-hydrogen) atoms. The molecular weight excluding hydrogens is 348 g/mol. The Morgan fingerprint density at radius 1 is 1.32 bits per heavy atom. The van der Waals surface area contributed by atoms with Crippen LogP contribution in [-0.2, 0) is 25.5 Å². The molecular formula is C16H20N2O6S. The van der Waals surface area contributed by atoms with E-state index in [1.54, 1.807) is 0 Å². The van der Waals surface area contributed by atoms with Crippen molar-refractivity contribution in [2.75, 3.05) is 48.9 Å². The van der Waals surface area contributed by atoms with Crippen molar-refractivity contribution in [1.82, 2.24) is 0 Å². The summed E-state index contributed by atoms with van der Waals surface area (Å²) in [6.07, 6.45) is 1.87. The topological polar surface area (TPSA) is 85.4 Å². The summed E-state index contributed by atoms with van der Waals surface area (Å²) in [5.41, 5.74) is 3.01. The first kappa shape index (κ1) is 16.5. The number of hydrogen-bond acceptors (Lipinski definition) is 7. The third-order valence-corrected chi connectivity index (χ3v) is 5.17. The van der Waals surface area contributed by atoms with Crippen LogP contribution in [0.15, 0.2) is 12.1 Å². The van der Waals surface area contributed by atoms with E-state index in [0.29, 0.717) is 12.3 Å². The van der Waals surface area contributed by atoms with Gasteiger partial charge in [0.15, 0.2) is 0 Å². The molecule has 0 aromatic heterocycles. The predicted molar refractivity (Wildman–Crippen MR) is 90.9 cm³/mol. The largest absolute Gasteiger partial charge is 0.489 e. The Bertz CT molecular complexity index is 778. The first-order valence-corrected chi connectivity index (χ1v) is 10.1. The normalized spacial score (nSPS) is 22.4. The average molecular weight is 368 g/mol. The second kappa shape index (κ2) is 6.06. The van der Waals surface area contributed by atoms with E-state index in [0.717, 1.165) is 43.6 Å². The Balaban J connectivity index is 1.57. The summed E-state index contributed by atoms with van der Waals surface area (Å²) < 4.78 is 38.0. The number of ether oxygens (including phenoxy) is 2. The second-order valence-electron chi connectivity index (χ2n) is 6.50. The van der Waals surface area contributed by atoms with Crippen LogP contribution >= 0.6 is 0 Å². The van der Waals surface area contributed by atoms with Gasteiger partial charge in [0.25, 0.3) is 10.1 Å². The first-order valence-electron chi connectivity index (χ1n) is 8.28. The molecule has 136 valence electrons. The van der Waals surface area contributed by atoms with E-state index in [4.69, 9.17) is 13.7 Å². The van der Waals surface area contributed by atoms with E-state index in [9.17, 15) is 13.2 Å². The van der Waals surface area contributed by atoms with Gasteiger partial charge in [-0.1, -0.05) is 0 Å². The van der Waals surface area contributed by atoms with Crippen LogP contribution in [-0.4, -0.2) is 59.7 Å². The Labute approximate surface area is 146 Å². The van der Waals surface area contributed by atoms with Crippen molar-refractivity contribution >= 4 is 27.6 Å². The molecule has 0 unspecified atom stereocenters. The molecule has 0 N–H and O–H groups in total. The second-order valence-corrected chi connectivity index (χ2v) is 8.14. The van der Waals surface area contributed by atoms with Crippen LogP contribution in [0.5, 0.6) is 5.75 Å². The number of benzene rings is 1. The zero-order chi connectivity index (χ0) is 17.6. The fourth-order valence-corrected chi connectivity index (χ4v) is 3.94. The average Bonchev–Trinajstić information content (AvgIpc) is 2.94. The number of amides is 1. The molecule has 0 spiro atoms. The number of hydrogen-bond donors (Lipinski definition) is 0. The fraction of sp³-hybridized carbons (Fsp3) is 0.562. The molecule has 3 aliphatic rings. The number of rotatable bonds is 4. The number of carbonyl (C=O) groups excluding carboxylic acids is 1. The zero-order valence-electron chi connectivity index (χ0n) is 13.9. The Kier molecular flexibility index (Phi) is 3.99. The Morgan fingerprint density at radius 2 is 2.16 bits per heavy atom. The van der Waals surface area contributed by atoms with Gasteiger partial charge in [-0.2, -0.15) is 8.42 Å². The van der Waals surface area contributed by atoms with Crippen LogP contribution < -0.4 is 14.5 Å². The highest BCUT2D eigenvalue weighted by molar-refractivity contribution is 7.85. The number of carbonyl (C=O) groups is 1. The highest BCUT2D eigenvalue weighted by Gasteiger charge is 2.35. The number of aryl methyl sites for hydroxylation is 1. The van der Waals surface area contributed by atoms with E-state index >= 15 is 0 Å². The number of nitrogens with zero attached hydrogens (tertiary/aromatic N) is 2. The SMILES string of the molecule is CS(=O)(=O)OC[C@H]1CN(c2cc3c4c(c2)OCCN4CCC3)C(=O)O1. The molecule has 8 nitrogen and oxygen atoms in total. The molecule has 9 heteroatoms. The zero-order valence-corrected chi connectivity index (χ0v) is 14.8. The van der Waals surface area contributed by atoms with Gasteiger partial charge in [0, 0.05) is 12.6 Å². The third-order valence-electron chi connectivity index (χ3n) is 4.60. The van der Waals surface area contributed by atoms with Gasteiger partial charge in [0.05, 0.1) is 30.7 Å². The van der Waals surface area contributed by atoms with E-state index in [1.165, 1.54) is 10.5 Å². The molecule has 1 fully saturated rings. The van der Waals surface area contributed by atoms with E-state index in [-0.39, 0.29) is 13.2 Å². The molecule has 1 atom stereocenters. The smallest absolute Gasteiger partial charge is 0.414 e. The van der Waals surface area contributed by atoms with Crippen molar-refractivity contribution in [3.8, 4) is 5.75 Å². The highest BCUT2D eigenvalue weighted by Crippen LogP contribution is 2.42. The van der Waals surface area contributed by atoms with Crippen molar-refractivity contribution < 1.29 is 26.9 Å². The molecule has 0 radical (unpaired) electrons. The summed E-state index contributed by atoms with van der Waals surface area (Å²) in [4.78, 5) is 16.0. The number of cyclic esters (lactones) is 1. The van der Waals surface area contributed by atoms with Crippen LogP contribution in [0.25, 0.3) is 0 Å². The van der Waals surface area contributed by atoms with Gasteiger partial charge in [-0.05, 0) is 24.5 Å². The maximum Gasteiger partial charge on any atom is 0.414 e. The van der Waals surface area contributed by atoms with Crippen molar-refractivity contribution in [2.24, 2.45) is 0 Å². The lowest BCUT2D eigenvalue weighted by atomic mass is 9.99. The van der Waals surface area contributed by atoms with Crippen LogP contribution in [0.1, 0.15) is 12.0 Å². The molecule has 4 rings (SSSR count). The molecule has 1 aromatic carbocycles. The lowest BCUT2D eigenvalue weighted by Gasteiger charge is -2.37. The minimum atomic E-state index is -3.57. The molecule has 0 saturated carbocycles. The van der Waals surface area contributed by atoms with Gasteiger partial charge in [-0.15, -0.1) is 0 Å². The van der Waals surface area contributed by atoms with E-state index in [1.807, 2.05) is 12.1 Å². The maximum atomic E-state index is 12.2. The maximum absolute atomic E-state index is 12.2. The van der Waals surface area contributed by atoms with Crippen molar-refractivity contribution in [2.45, 2.75) is 18.9 Å². The van der Waals surface area contributed by atoms with Crippen LogP contribution in [0.2, 0.25) is 0 Å². The quantitative estimate of drug-likeness (QED) is 0.737. The van der Waals surface area contributed by atoms with Gasteiger partial charge >= 0.3 is 6.09 Å². The molecule has 3 heterocycles. The van der Waals surface area contributed by atoms with Crippen LogP contribution in [0.3, 0.4) is 0 Å².